The SMILES string of the molecule is COc1cc(OC)cc(C(=O)NCCc2sc(-c3ccncc3)nc2C)c1. The summed E-state index contributed by atoms with van der Waals surface area (Å²) in [5.41, 5.74) is 2.55. The molecule has 27 heavy (non-hydrogen) atoms. The van der Waals surface area contributed by atoms with Crippen LogP contribution in [0.3, 0.4) is 0 Å². The predicted octanol–water partition coefficient (Wildman–Crippen LogP) is 3.50. The third-order valence-electron chi connectivity index (χ3n) is 4.07. The van der Waals surface area contributed by atoms with E-state index >= 15 is 0 Å². The standard InChI is InChI=1S/C20H21N3O3S/c1-13-18(27-20(23-13)14-4-7-21-8-5-14)6-9-22-19(24)15-10-16(25-2)12-17(11-15)26-3/h4-5,7-8,10-12H,6,9H2,1-3H3,(H,22,24). The van der Waals surface area contributed by atoms with Gasteiger partial charge in [-0.1, -0.05) is 0 Å². The van der Waals surface area contributed by atoms with E-state index in [0.29, 0.717) is 23.6 Å². The summed E-state index contributed by atoms with van der Waals surface area (Å²) in [6.45, 7) is 2.52. The van der Waals surface area contributed by atoms with Gasteiger partial charge in [-0.3, -0.25) is 9.78 Å². The highest BCUT2D eigenvalue weighted by Crippen LogP contribution is 2.27. The van der Waals surface area contributed by atoms with Crippen LogP contribution in [0.2, 0.25) is 0 Å². The molecule has 140 valence electrons. The number of nitrogens with zero attached hydrogens (tertiary/aromatic N) is 2. The van der Waals surface area contributed by atoms with Gasteiger partial charge in [-0.15, -0.1) is 11.3 Å². The van der Waals surface area contributed by atoms with Crippen molar-refractivity contribution in [1.82, 2.24) is 15.3 Å². The number of hydrogen-bond acceptors (Lipinski definition) is 6. The molecule has 1 amide bonds. The van der Waals surface area contributed by atoms with Crippen molar-refractivity contribution in [3.63, 3.8) is 0 Å². The zero-order valence-electron chi connectivity index (χ0n) is 15.5. The predicted molar refractivity (Wildman–Crippen MR) is 106 cm³/mol. The number of pyridine rings is 1. The van der Waals surface area contributed by atoms with Gasteiger partial charge in [0.25, 0.3) is 5.91 Å². The molecule has 6 nitrogen and oxygen atoms in total. The average molecular weight is 383 g/mol. The Balaban J connectivity index is 1.63. The van der Waals surface area contributed by atoms with Crippen LogP contribution in [0.4, 0.5) is 0 Å². The third-order valence-corrected chi connectivity index (χ3v) is 5.34. The summed E-state index contributed by atoms with van der Waals surface area (Å²) >= 11 is 1.64. The van der Waals surface area contributed by atoms with Gasteiger partial charge in [0.1, 0.15) is 16.5 Å². The van der Waals surface area contributed by atoms with E-state index in [-0.39, 0.29) is 5.91 Å². The molecule has 0 aliphatic rings. The lowest BCUT2D eigenvalue weighted by atomic mass is 10.2. The lowest BCUT2D eigenvalue weighted by Gasteiger charge is -2.09. The number of thiazole rings is 1. The third kappa shape index (κ3) is 4.62. The zero-order chi connectivity index (χ0) is 19.2. The summed E-state index contributed by atoms with van der Waals surface area (Å²) in [7, 11) is 3.12. The maximum atomic E-state index is 12.4. The highest BCUT2D eigenvalue weighted by molar-refractivity contribution is 7.15. The van der Waals surface area contributed by atoms with Crippen LogP contribution in [0.25, 0.3) is 10.6 Å². The van der Waals surface area contributed by atoms with Crippen molar-refractivity contribution in [1.29, 1.82) is 0 Å². The summed E-state index contributed by atoms with van der Waals surface area (Å²) in [5.74, 6) is 1.00. The molecule has 3 aromatic rings. The Labute approximate surface area is 162 Å². The Bertz CT molecular complexity index is 903. The minimum absolute atomic E-state index is 0.163. The number of ether oxygens (including phenoxy) is 2. The smallest absolute Gasteiger partial charge is 0.251 e. The Kier molecular flexibility index (Phi) is 6.03. The molecule has 0 saturated carbocycles. The summed E-state index contributed by atoms with van der Waals surface area (Å²) < 4.78 is 10.4. The number of benzene rings is 1. The van der Waals surface area contributed by atoms with E-state index in [0.717, 1.165) is 27.6 Å². The molecule has 0 bridgehead atoms. The number of carbonyl (C=O) groups excluding carboxylic acids is 1. The van der Waals surface area contributed by atoms with Gasteiger partial charge in [-0.05, 0) is 31.2 Å². The summed E-state index contributed by atoms with van der Waals surface area (Å²) in [6, 6.07) is 9.01. The number of aryl methyl sites for hydroxylation is 1. The second kappa shape index (κ2) is 8.64. The van der Waals surface area contributed by atoms with Gasteiger partial charge in [-0.25, -0.2) is 4.98 Å². The number of amides is 1. The number of hydrogen-bond donors (Lipinski definition) is 1. The van der Waals surface area contributed by atoms with E-state index in [4.69, 9.17) is 9.47 Å². The van der Waals surface area contributed by atoms with Crippen LogP contribution >= 0.6 is 11.3 Å². The van der Waals surface area contributed by atoms with Crippen molar-refractivity contribution < 1.29 is 14.3 Å². The topological polar surface area (TPSA) is 73.3 Å². The van der Waals surface area contributed by atoms with Crippen molar-refractivity contribution in [3.8, 4) is 22.1 Å². The molecule has 1 aromatic carbocycles. The molecule has 0 spiro atoms. The van der Waals surface area contributed by atoms with Gasteiger partial charge in [0, 0.05) is 47.4 Å². The lowest BCUT2D eigenvalue weighted by Crippen LogP contribution is -2.25. The molecule has 0 aliphatic carbocycles. The van der Waals surface area contributed by atoms with Crippen LogP contribution in [-0.4, -0.2) is 36.6 Å². The fourth-order valence-electron chi connectivity index (χ4n) is 2.61. The molecule has 0 saturated heterocycles. The van der Waals surface area contributed by atoms with Crippen molar-refractivity contribution in [2.45, 2.75) is 13.3 Å². The van der Waals surface area contributed by atoms with Gasteiger partial charge in [0.05, 0.1) is 19.9 Å². The molecular weight excluding hydrogens is 362 g/mol. The zero-order valence-corrected chi connectivity index (χ0v) is 16.3. The molecule has 2 heterocycles. The minimum atomic E-state index is -0.163. The first-order valence-electron chi connectivity index (χ1n) is 8.48. The molecule has 0 fully saturated rings. The minimum Gasteiger partial charge on any atom is -0.497 e. The fraction of sp³-hybridized carbons (Fsp3) is 0.250. The van der Waals surface area contributed by atoms with E-state index in [1.54, 1.807) is 56.1 Å². The molecule has 0 radical (unpaired) electrons. The second-order valence-corrected chi connectivity index (χ2v) is 6.95. The molecule has 0 aliphatic heterocycles. The molecule has 2 aromatic heterocycles. The van der Waals surface area contributed by atoms with Gasteiger partial charge in [-0.2, -0.15) is 0 Å². The summed E-state index contributed by atoms with van der Waals surface area (Å²) in [4.78, 5) is 22.3. The maximum Gasteiger partial charge on any atom is 0.251 e. The first kappa shape index (κ1) is 18.8. The lowest BCUT2D eigenvalue weighted by molar-refractivity contribution is 0.0953. The normalized spacial score (nSPS) is 10.5. The van der Waals surface area contributed by atoms with Crippen molar-refractivity contribution in [2.75, 3.05) is 20.8 Å². The molecular formula is C20H21N3O3S. The van der Waals surface area contributed by atoms with Gasteiger partial charge < -0.3 is 14.8 Å². The second-order valence-electron chi connectivity index (χ2n) is 5.87. The Morgan fingerprint density at radius 2 is 1.78 bits per heavy atom. The van der Waals surface area contributed by atoms with E-state index in [1.165, 1.54) is 0 Å². The number of nitrogens with one attached hydrogen (secondary N) is 1. The summed E-state index contributed by atoms with van der Waals surface area (Å²) in [5, 5.41) is 3.91. The van der Waals surface area contributed by atoms with Gasteiger partial charge in [0.15, 0.2) is 0 Å². The Morgan fingerprint density at radius 1 is 1.11 bits per heavy atom. The van der Waals surface area contributed by atoms with Crippen LogP contribution < -0.4 is 14.8 Å². The fourth-order valence-corrected chi connectivity index (χ4v) is 3.68. The Morgan fingerprint density at radius 3 is 2.41 bits per heavy atom. The van der Waals surface area contributed by atoms with E-state index in [9.17, 15) is 4.79 Å². The maximum absolute atomic E-state index is 12.4. The highest BCUT2D eigenvalue weighted by atomic mass is 32.1. The molecule has 3 rings (SSSR count). The van der Waals surface area contributed by atoms with Gasteiger partial charge >= 0.3 is 0 Å². The van der Waals surface area contributed by atoms with Crippen molar-refractivity contribution in [2.24, 2.45) is 0 Å². The molecule has 1 N–H and O–H groups in total. The average Bonchev–Trinajstić information content (AvgIpc) is 3.08. The number of rotatable bonds is 7. The quantitative estimate of drug-likeness (QED) is 0.676. The van der Waals surface area contributed by atoms with Crippen LogP contribution in [0, 0.1) is 6.92 Å². The molecule has 0 atom stereocenters. The van der Waals surface area contributed by atoms with E-state index < -0.39 is 0 Å². The van der Waals surface area contributed by atoms with Crippen LogP contribution in [0.5, 0.6) is 11.5 Å². The van der Waals surface area contributed by atoms with Crippen LogP contribution in [0.1, 0.15) is 20.9 Å². The van der Waals surface area contributed by atoms with E-state index in [1.807, 2.05) is 19.1 Å². The number of carbonyl (C=O) groups is 1. The molecule has 7 heteroatoms. The van der Waals surface area contributed by atoms with Gasteiger partial charge in [0.2, 0.25) is 0 Å². The van der Waals surface area contributed by atoms with E-state index in [2.05, 4.69) is 15.3 Å². The van der Waals surface area contributed by atoms with Crippen molar-refractivity contribution >= 4 is 17.2 Å². The Hall–Kier alpha value is -2.93. The first-order chi connectivity index (χ1) is 13.1. The number of aromatic nitrogens is 2. The number of methoxy groups -OCH3 is 2. The first-order valence-corrected chi connectivity index (χ1v) is 9.30. The summed E-state index contributed by atoms with van der Waals surface area (Å²) in [6.07, 6.45) is 4.24. The molecule has 0 unspecified atom stereocenters. The monoisotopic (exact) mass is 383 g/mol. The van der Waals surface area contributed by atoms with Crippen LogP contribution in [0.15, 0.2) is 42.7 Å². The largest absolute Gasteiger partial charge is 0.497 e. The van der Waals surface area contributed by atoms with Crippen molar-refractivity contribution in [3.05, 3.63) is 58.9 Å². The van der Waals surface area contributed by atoms with Crippen LogP contribution in [-0.2, 0) is 6.42 Å². The highest BCUT2D eigenvalue weighted by Gasteiger charge is 2.12.